The standard InChI is InChI=1S/C9H20N2O/c1-4-10-8-7-9(12)11(5-2)6-3/h10H,4-8H2,1-3H3. The van der Waals surface area contributed by atoms with Crippen LogP contribution in [0.5, 0.6) is 0 Å². The average molecular weight is 172 g/mol. The van der Waals surface area contributed by atoms with Crippen molar-refractivity contribution in [3.8, 4) is 0 Å². The van der Waals surface area contributed by atoms with E-state index in [1.54, 1.807) is 0 Å². The van der Waals surface area contributed by atoms with Crippen molar-refractivity contribution in [2.45, 2.75) is 27.2 Å². The number of rotatable bonds is 6. The molecule has 0 rings (SSSR count). The SMILES string of the molecule is CCNCCC(=O)N(CC)CC. The molecule has 1 N–H and O–H groups in total. The highest BCUT2D eigenvalue weighted by Crippen LogP contribution is 1.92. The fraction of sp³-hybridized carbons (Fsp3) is 0.889. The fourth-order valence-corrected chi connectivity index (χ4v) is 1.11. The summed E-state index contributed by atoms with van der Waals surface area (Å²) in [6.45, 7) is 9.44. The maximum Gasteiger partial charge on any atom is 0.223 e. The molecule has 0 saturated carbocycles. The number of carbonyl (C=O) groups is 1. The second-order valence-electron chi connectivity index (χ2n) is 2.67. The predicted octanol–water partition coefficient (Wildman–Crippen LogP) is 0.854. The molecular weight excluding hydrogens is 152 g/mol. The fourth-order valence-electron chi connectivity index (χ4n) is 1.11. The monoisotopic (exact) mass is 172 g/mol. The minimum absolute atomic E-state index is 0.251. The number of amides is 1. The first kappa shape index (κ1) is 11.4. The molecular formula is C9H20N2O. The number of nitrogens with one attached hydrogen (secondary N) is 1. The highest BCUT2D eigenvalue weighted by Gasteiger charge is 2.07. The van der Waals surface area contributed by atoms with E-state index in [-0.39, 0.29) is 5.91 Å². The van der Waals surface area contributed by atoms with Crippen LogP contribution in [0.4, 0.5) is 0 Å². The Labute approximate surface area is 75.1 Å². The predicted molar refractivity (Wildman–Crippen MR) is 51.1 cm³/mol. The molecule has 72 valence electrons. The highest BCUT2D eigenvalue weighted by atomic mass is 16.2. The van der Waals surface area contributed by atoms with Crippen molar-refractivity contribution < 1.29 is 4.79 Å². The Morgan fingerprint density at radius 3 is 2.25 bits per heavy atom. The lowest BCUT2D eigenvalue weighted by Gasteiger charge is -2.18. The molecule has 0 aliphatic heterocycles. The lowest BCUT2D eigenvalue weighted by atomic mass is 10.3. The zero-order valence-electron chi connectivity index (χ0n) is 8.39. The van der Waals surface area contributed by atoms with Gasteiger partial charge in [-0.25, -0.2) is 0 Å². The Bertz CT molecular complexity index is 122. The van der Waals surface area contributed by atoms with E-state index in [2.05, 4.69) is 5.32 Å². The van der Waals surface area contributed by atoms with E-state index < -0.39 is 0 Å². The Morgan fingerprint density at radius 1 is 1.25 bits per heavy atom. The normalized spacial score (nSPS) is 9.92. The van der Waals surface area contributed by atoms with Crippen LogP contribution in [0.25, 0.3) is 0 Å². The lowest BCUT2D eigenvalue weighted by molar-refractivity contribution is -0.130. The summed E-state index contributed by atoms with van der Waals surface area (Å²) in [4.78, 5) is 13.2. The molecule has 0 aromatic carbocycles. The maximum absolute atomic E-state index is 11.4. The van der Waals surface area contributed by atoms with Gasteiger partial charge in [0.15, 0.2) is 0 Å². The van der Waals surface area contributed by atoms with Gasteiger partial charge >= 0.3 is 0 Å². The summed E-state index contributed by atoms with van der Waals surface area (Å²) in [6, 6.07) is 0. The molecule has 1 amide bonds. The van der Waals surface area contributed by atoms with Gasteiger partial charge in [0.2, 0.25) is 5.91 Å². The Morgan fingerprint density at radius 2 is 1.83 bits per heavy atom. The van der Waals surface area contributed by atoms with Gasteiger partial charge < -0.3 is 10.2 Å². The van der Waals surface area contributed by atoms with Crippen LogP contribution < -0.4 is 5.32 Å². The molecule has 0 unspecified atom stereocenters. The van der Waals surface area contributed by atoms with Gasteiger partial charge in [-0.05, 0) is 20.4 Å². The minimum Gasteiger partial charge on any atom is -0.343 e. The van der Waals surface area contributed by atoms with E-state index in [1.165, 1.54) is 0 Å². The molecule has 0 spiro atoms. The smallest absolute Gasteiger partial charge is 0.223 e. The van der Waals surface area contributed by atoms with Crippen LogP contribution in [0.2, 0.25) is 0 Å². The first-order valence-electron chi connectivity index (χ1n) is 4.74. The van der Waals surface area contributed by atoms with Crippen molar-refractivity contribution in [1.29, 1.82) is 0 Å². The van der Waals surface area contributed by atoms with Gasteiger partial charge in [0.25, 0.3) is 0 Å². The van der Waals surface area contributed by atoms with Crippen LogP contribution in [0.3, 0.4) is 0 Å². The van der Waals surface area contributed by atoms with E-state index in [1.807, 2.05) is 25.7 Å². The van der Waals surface area contributed by atoms with Crippen molar-refractivity contribution in [1.82, 2.24) is 10.2 Å². The van der Waals surface area contributed by atoms with E-state index in [4.69, 9.17) is 0 Å². The minimum atomic E-state index is 0.251. The van der Waals surface area contributed by atoms with Gasteiger partial charge in [-0.3, -0.25) is 4.79 Å². The second kappa shape index (κ2) is 7.10. The van der Waals surface area contributed by atoms with Gasteiger partial charge in [-0.15, -0.1) is 0 Å². The Balaban J connectivity index is 3.54. The molecule has 0 saturated heterocycles. The van der Waals surface area contributed by atoms with E-state index in [0.717, 1.165) is 26.2 Å². The summed E-state index contributed by atoms with van der Waals surface area (Å²) in [7, 11) is 0. The summed E-state index contributed by atoms with van der Waals surface area (Å²) < 4.78 is 0. The van der Waals surface area contributed by atoms with Crippen LogP contribution in [0.15, 0.2) is 0 Å². The molecule has 0 heterocycles. The molecule has 0 aliphatic rings. The molecule has 0 radical (unpaired) electrons. The Kier molecular flexibility index (Phi) is 6.76. The topological polar surface area (TPSA) is 32.3 Å². The summed E-state index contributed by atoms with van der Waals surface area (Å²) in [5.74, 6) is 0.251. The third kappa shape index (κ3) is 4.34. The number of hydrogen-bond donors (Lipinski definition) is 1. The van der Waals surface area contributed by atoms with Crippen LogP contribution in [0.1, 0.15) is 27.2 Å². The third-order valence-corrected chi connectivity index (χ3v) is 1.88. The number of nitrogens with zero attached hydrogens (tertiary/aromatic N) is 1. The summed E-state index contributed by atoms with van der Waals surface area (Å²) in [6.07, 6.45) is 0.621. The molecule has 3 heteroatoms. The van der Waals surface area contributed by atoms with Crippen molar-refractivity contribution in [3.05, 3.63) is 0 Å². The largest absolute Gasteiger partial charge is 0.343 e. The van der Waals surface area contributed by atoms with Gasteiger partial charge in [-0.1, -0.05) is 6.92 Å². The van der Waals surface area contributed by atoms with Crippen molar-refractivity contribution in [2.24, 2.45) is 0 Å². The number of hydrogen-bond acceptors (Lipinski definition) is 2. The van der Waals surface area contributed by atoms with Crippen LogP contribution in [0, 0.1) is 0 Å². The molecule has 0 aliphatic carbocycles. The molecule has 0 bridgehead atoms. The van der Waals surface area contributed by atoms with Gasteiger partial charge in [0.1, 0.15) is 0 Å². The highest BCUT2D eigenvalue weighted by molar-refractivity contribution is 5.76. The summed E-state index contributed by atoms with van der Waals surface area (Å²) >= 11 is 0. The molecule has 3 nitrogen and oxygen atoms in total. The number of carbonyl (C=O) groups excluding carboxylic acids is 1. The van der Waals surface area contributed by atoms with Gasteiger partial charge in [0.05, 0.1) is 0 Å². The molecule has 0 atom stereocenters. The van der Waals surface area contributed by atoms with Crippen molar-refractivity contribution >= 4 is 5.91 Å². The molecule has 0 fully saturated rings. The lowest BCUT2D eigenvalue weighted by Crippen LogP contribution is -2.32. The van der Waals surface area contributed by atoms with Gasteiger partial charge in [-0.2, -0.15) is 0 Å². The molecule has 0 aromatic rings. The Hall–Kier alpha value is -0.570. The maximum atomic E-state index is 11.4. The summed E-state index contributed by atoms with van der Waals surface area (Å²) in [5.41, 5.74) is 0. The van der Waals surface area contributed by atoms with Crippen molar-refractivity contribution in [3.63, 3.8) is 0 Å². The second-order valence-corrected chi connectivity index (χ2v) is 2.67. The summed E-state index contributed by atoms with van der Waals surface area (Å²) in [5, 5.41) is 3.13. The van der Waals surface area contributed by atoms with Crippen LogP contribution in [-0.4, -0.2) is 37.0 Å². The average Bonchev–Trinajstić information content (AvgIpc) is 2.07. The van der Waals surface area contributed by atoms with E-state index in [0.29, 0.717) is 6.42 Å². The van der Waals surface area contributed by atoms with Crippen LogP contribution in [-0.2, 0) is 4.79 Å². The molecule has 0 aromatic heterocycles. The first-order valence-corrected chi connectivity index (χ1v) is 4.74. The van der Waals surface area contributed by atoms with E-state index in [9.17, 15) is 4.79 Å². The first-order chi connectivity index (χ1) is 5.76. The molecule has 12 heavy (non-hydrogen) atoms. The van der Waals surface area contributed by atoms with Crippen LogP contribution >= 0.6 is 0 Å². The zero-order chi connectivity index (χ0) is 9.40. The zero-order valence-corrected chi connectivity index (χ0v) is 8.39. The van der Waals surface area contributed by atoms with E-state index >= 15 is 0 Å². The van der Waals surface area contributed by atoms with Crippen molar-refractivity contribution in [2.75, 3.05) is 26.2 Å². The third-order valence-electron chi connectivity index (χ3n) is 1.88. The van der Waals surface area contributed by atoms with Gasteiger partial charge in [0, 0.05) is 26.1 Å². The quantitative estimate of drug-likeness (QED) is 0.603.